The van der Waals surface area contributed by atoms with E-state index < -0.39 is 15.1 Å². The Labute approximate surface area is 136 Å². The van der Waals surface area contributed by atoms with Crippen LogP contribution in [0.4, 0.5) is 4.79 Å². The second kappa shape index (κ2) is 6.39. The predicted molar refractivity (Wildman–Crippen MR) is 87.3 cm³/mol. The van der Waals surface area contributed by atoms with Crippen molar-refractivity contribution in [1.29, 1.82) is 0 Å². The number of urea groups is 1. The van der Waals surface area contributed by atoms with Crippen molar-refractivity contribution in [3.8, 4) is 5.75 Å². The lowest BCUT2D eigenvalue weighted by molar-refractivity contribution is 0.204. The fourth-order valence-electron chi connectivity index (χ4n) is 3.18. The van der Waals surface area contributed by atoms with Crippen LogP contribution in [0.2, 0.25) is 0 Å². The lowest BCUT2D eigenvalue weighted by atomic mass is 10.0. The largest absolute Gasteiger partial charge is 0.493 e. The maximum Gasteiger partial charge on any atom is 0.317 e. The number of ether oxygens (including phenoxy) is 1. The first-order chi connectivity index (χ1) is 10.9. The second-order valence-electron chi connectivity index (χ2n) is 6.22. The van der Waals surface area contributed by atoms with Crippen LogP contribution in [0.5, 0.6) is 5.75 Å². The van der Waals surface area contributed by atoms with E-state index in [1.807, 2.05) is 24.3 Å². The molecule has 0 bridgehead atoms. The smallest absolute Gasteiger partial charge is 0.317 e. The van der Waals surface area contributed by atoms with Crippen molar-refractivity contribution in [1.82, 2.24) is 10.2 Å². The molecule has 2 aliphatic rings. The number of para-hydroxylation sites is 1. The van der Waals surface area contributed by atoms with Gasteiger partial charge in [0.15, 0.2) is 9.84 Å². The number of benzene rings is 1. The summed E-state index contributed by atoms with van der Waals surface area (Å²) in [4.78, 5) is 14.1. The molecule has 23 heavy (non-hydrogen) atoms. The highest BCUT2D eigenvalue weighted by Crippen LogP contribution is 2.31. The second-order valence-corrected chi connectivity index (χ2v) is 8.54. The van der Waals surface area contributed by atoms with Crippen LogP contribution in [0, 0.1) is 0 Å². The molecule has 0 radical (unpaired) electrons. The van der Waals surface area contributed by atoms with Gasteiger partial charge < -0.3 is 15.0 Å². The summed E-state index contributed by atoms with van der Waals surface area (Å²) >= 11 is 0. The molecule has 2 aliphatic heterocycles. The average Bonchev–Trinajstić information content (AvgIpc) is 2.93. The molecule has 2 amide bonds. The monoisotopic (exact) mass is 338 g/mol. The first-order valence-corrected chi connectivity index (χ1v) is 9.86. The predicted octanol–water partition coefficient (Wildman–Crippen LogP) is 1.73. The SMILES string of the molecule is CS(=O)(=O)C1CCN(C(=O)NC2CCCOc3ccccc32)C1. The number of amides is 2. The Bertz CT molecular complexity index is 689. The third-order valence-electron chi connectivity index (χ3n) is 4.52. The third kappa shape index (κ3) is 3.60. The van der Waals surface area contributed by atoms with Gasteiger partial charge in [0.05, 0.1) is 17.9 Å². The van der Waals surface area contributed by atoms with Gasteiger partial charge in [-0.2, -0.15) is 0 Å². The number of nitrogens with zero attached hydrogens (tertiary/aromatic N) is 1. The van der Waals surface area contributed by atoms with Crippen LogP contribution in [-0.4, -0.2) is 50.6 Å². The van der Waals surface area contributed by atoms with Crippen LogP contribution >= 0.6 is 0 Å². The third-order valence-corrected chi connectivity index (χ3v) is 6.12. The molecule has 2 heterocycles. The van der Waals surface area contributed by atoms with Crippen molar-refractivity contribution in [2.45, 2.75) is 30.6 Å². The summed E-state index contributed by atoms with van der Waals surface area (Å²) in [6.45, 7) is 1.40. The molecule has 2 atom stereocenters. The summed E-state index contributed by atoms with van der Waals surface area (Å²) in [6, 6.07) is 7.43. The van der Waals surface area contributed by atoms with Gasteiger partial charge in [-0.1, -0.05) is 18.2 Å². The number of likely N-dealkylation sites (tertiary alicyclic amines) is 1. The lowest BCUT2D eigenvalue weighted by Gasteiger charge is -2.23. The minimum atomic E-state index is -3.10. The zero-order valence-electron chi connectivity index (χ0n) is 13.2. The molecule has 0 aliphatic carbocycles. The highest BCUT2D eigenvalue weighted by Gasteiger charge is 2.33. The number of carbonyl (C=O) groups excluding carboxylic acids is 1. The summed E-state index contributed by atoms with van der Waals surface area (Å²) in [5, 5.41) is 2.59. The van der Waals surface area contributed by atoms with Crippen molar-refractivity contribution in [2.24, 2.45) is 0 Å². The van der Waals surface area contributed by atoms with E-state index in [9.17, 15) is 13.2 Å². The zero-order valence-corrected chi connectivity index (χ0v) is 14.0. The number of carbonyl (C=O) groups is 1. The van der Waals surface area contributed by atoms with Gasteiger partial charge in [0.2, 0.25) is 0 Å². The van der Waals surface area contributed by atoms with Crippen molar-refractivity contribution in [2.75, 3.05) is 26.0 Å². The van der Waals surface area contributed by atoms with Crippen LogP contribution < -0.4 is 10.1 Å². The number of fused-ring (bicyclic) bond motifs is 1. The number of hydrogen-bond donors (Lipinski definition) is 1. The standard InChI is InChI=1S/C16H22N2O4S/c1-23(20,21)12-8-9-18(11-12)16(19)17-14-6-4-10-22-15-7-3-2-5-13(14)15/h2-3,5,7,12,14H,4,6,8-11H2,1H3,(H,17,19). The Morgan fingerprint density at radius 2 is 2.09 bits per heavy atom. The molecule has 0 spiro atoms. The molecule has 6 nitrogen and oxygen atoms in total. The van der Waals surface area contributed by atoms with Gasteiger partial charge in [-0.25, -0.2) is 13.2 Å². The van der Waals surface area contributed by atoms with Crippen LogP contribution in [0.1, 0.15) is 30.9 Å². The van der Waals surface area contributed by atoms with Crippen LogP contribution in [0.15, 0.2) is 24.3 Å². The van der Waals surface area contributed by atoms with E-state index in [-0.39, 0.29) is 18.6 Å². The van der Waals surface area contributed by atoms with Gasteiger partial charge in [-0.15, -0.1) is 0 Å². The lowest BCUT2D eigenvalue weighted by Crippen LogP contribution is -2.41. The normalized spacial score (nSPS) is 24.5. The summed E-state index contributed by atoms with van der Waals surface area (Å²) in [6.07, 6.45) is 3.42. The number of hydrogen-bond acceptors (Lipinski definition) is 4. The molecule has 1 saturated heterocycles. The highest BCUT2D eigenvalue weighted by atomic mass is 32.2. The molecular formula is C16H22N2O4S. The molecule has 7 heteroatoms. The van der Waals surface area contributed by atoms with Gasteiger partial charge >= 0.3 is 6.03 Å². The number of sulfone groups is 1. The van der Waals surface area contributed by atoms with Gasteiger partial charge in [0.1, 0.15) is 5.75 Å². The maximum atomic E-state index is 12.5. The van der Waals surface area contributed by atoms with E-state index in [1.54, 1.807) is 4.90 Å². The van der Waals surface area contributed by atoms with Gasteiger partial charge in [0.25, 0.3) is 0 Å². The first-order valence-electron chi connectivity index (χ1n) is 7.91. The molecule has 126 valence electrons. The molecule has 1 aromatic carbocycles. The minimum Gasteiger partial charge on any atom is -0.493 e. The van der Waals surface area contributed by atoms with E-state index in [0.29, 0.717) is 19.6 Å². The molecule has 3 rings (SSSR count). The summed E-state index contributed by atoms with van der Waals surface area (Å²) in [7, 11) is -3.10. The van der Waals surface area contributed by atoms with Crippen molar-refractivity contribution < 1.29 is 17.9 Å². The molecule has 0 saturated carbocycles. The van der Waals surface area contributed by atoms with Gasteiger partial charge in [0, 0.05) is 24.9 Å². The van der Waals surface area contributed by atoms with E-state index in [4.69, 9.17) is 4.74 Å². The molecule has 1 N–H and O–H groups in total. The number of nitrogens with one attached hydrogen (secondary N) is 1. The molecular weight excluding hydrogens is 316 g/mol. The van der Waals surface area contributed by atoms with Gasteiger partial charge in [-0.05, 0) is 25.3 Å². The molecule has 2 unspecified atom stereocenters. The Kier molecular flexibility index (Phi) is 4.48. The van der Waals surface area contributed by atoms with Gasteiger partial charge in [-0.3, -0.25) is 0 Å². The molecule has 1 fully saturated rings. The fourth-order valence-corrected chi connectivity index (χ4v) is 4.16. The first kappa shape index (κ1) is 16.1. The quantitative estimate of drug-likeness (QED) is 0.891. The molecule has 0 aromatic heterocycles. The summed E-state index contributed by atoms with van der Waals surface area (Å²) in [5.74, 6) is 0.811. The molecule has 1 aromatic rings. The van der Waals surface area contributed by atoms with Crippen molar-refractivity contribution >= 4 is 15.9 Å². The van der Waals surface area contributed by atoms with E-state index >= 15 is 0 Å². The fraction of sp³-hybridized carbons (Fsp3) is 0.562. The van der Waals surface area contributed by atoms with Crippen LogP contribution in [-0.2, 0) is 9.84 Å². The van der Waals surface area contributed by atoms with E-state index in [0.717, 1.165) is 24.2 Å². The zero-order chi connectivity index (χ0) is 16.4. The Morgan fingerprint density at radius 1 is 1.30 bits per heavy atom. The minimum absolute atomic E-state index is 0.0986. The topological polar surface area (TPSA) is 75.7 Å². The maximum absolute atomic E-state index is 12.5. The average molecular weight is 338 g/mol. The summed E-state index contributed by atoms with van der Waals surface area (Å²) in [5.41, 5.74) is 0.984. The Hall–Kier alpha value is -1.76. The van der Waals surface area contributed by atoms with E-state index in [2.05, 4.69) is 5.32 Å². The summed E-state index contributed by atoms with van der Waals surface area (Å²) < 4.78 is 29.0. The Morgan fingerprint density at radius 3 is 2.83 bits per heavy atom. The van der Waals surface area contributed by atoms with Crippen LogP contribution in [0.25, 0.3) is 0 Å². The Balaban J connectivity index is 1.69. The number of rotatable bonds is 2. The van der Waals surface area contributed by atoms with E-state index in [1.165, 1.54) is 6.26 Å². The van der Waals surface area contributed by atoms with Crippen LogP contribution in [0.3, 0.4) is 0 Å². The van der Waals surface area contributed by atoms with Crippen molar-refractivity contribution in [3.63, 3.8) is 0 Å². The van der Waals surface area contributed by atoms with Crippen molar-refractivity contribution in [3.05, 3.63) is 29.8 Å². The highest BCUT2D eigenvalue weighted by molar-refractivity contribution is 7.91.